The Hall–Kier alpha value is -1.35. The molecule has 0 radical (unpaired) electrons. The SMILES string of the molecule is NC1CC(c2ccc3nc(C4CC4)[nH]c3c2)C1. The van der Waals surface area contributed by atoms with Gasteiger partial charge in [-0.2, -0.15) is 0 Å². The number of H-pyrrole nitrogens is 1. The predicted molar refractivity (Wildman–Crippen MR) is 68.0 cm³/mol. The van der Waals surface area contributed by atoms with E-state index in [2.05, 4.69) is 28.2 Å². The van der Waals surface area contributed by atoms with Gasteiger partial charge in [-0.15, -0.1) is 0 Å². The standard InChI is InChI=1S/C14H17N3/c15-11-5-10(6-11)9-3-4-12-13(7-9)17-14(16-12)8-1-2-8/h3-4,7-8,10-11H,1-2,5-6,15H2,(H,16,17). The summed E-state index contributed by atoms with van der Waals surface area (Å²) < 4.78 is 0. The van der Waals surface area contributed by atoms with Crippen molar-refractivity contribution in [3.63, 3.8) is 0 Å². The molecule has 1 aromatic heterocycles. The fourth-order valence-corrected chi connectivity index (χ4v) is 2.79. The predicted octanol–water partition coefficient (Wildman–Crippen LogP) is 2.65. The van der Waals surface area contributed by atoms with Crippen molar-refractivity contribution in [3.8, 4) is 0 Å². The Morgan fingerprint density at radius 2 is 2.00 bits per heavy atom. The molecule has 1 aromatic carbocycles. The molecule has 0 unspecified atom stereocenters. The van der Waals surface area contributed by atoms with Gasteiger partial charge in [0.1, 0.15) is 5.82 Å². The third kappa shape index (κ3) is 1.57. The summed E-state index contributed by atoms with van der Waals surface area (Å²) in [6, 6.07) is 7.05. The Morgan fingerprint density at radius 1 is 1.18 bits per heavy atom. The molecule has 0 spiro atoms. The second-order valence-electron chi connectivity index (χ2n) is 5.60. The number of fused-ring (bicyclic) bond motifs is 1. The van der Waals surface area contributed by atoms with E-state index >= 15 is 0 Å². The van der Waals surface area contributed by atoms with E-state index in [9.17, 15) is 0 Å². The first-order valence-corrected chi connectivity index (χ1v) is 6.55. The highest BCUT2D eigenvalue weighted by Crippen LogP contribution is 2.40. The summed E-state index contributed by atoms with van der Waals surface area (Å²) in [5.74, 6) is 2.55. The smallest absolute Gasteiger partial charge is 0.110 e. The summed E-state index contributed by atoms with van der Waals surface area (Å²) in [7, 11) is 0. The van der Waals surface area contributed by atoms with Crippen LogP contribution < -0.4 is 5.73 Å². The molecule has 0 bridgehead atoms. The van der Waals surface area contributed by atoms with Gasteiger partial charge in [0.05, 0.1) is 11.0 Å². The zero-order chi connectivity index (χ0) is 11.4. The molecule has 3 N–H and O–H groups in total. The number of rotatable bonds is 2. The highest BCUT2D eigenvalue weighted by Gasteiger charge is 2.29. The lowest BCUT2D eigenvalue weighted by Gasteiger charge is -2.32. The van der Waals surface area contributed by atoms with E-state index < -0.39 is 0 Å². The molecule has 2 aliphatic carbocycles. The first-order chi connectivity index (χ1) is 8.29. The van der Waals surface area contributed by atoms with Crippen molar-refractivity contribution in [2.45, 2.75) is 43.6 Å². The molecule has 1 heterocycles. The maximum Gasteiger partial charge on any atom is 0.110 e. The molecule has 17 heavy (non-hydrogen) atoms. The van der Waals surface area contributed by atoms with Crippen LogP contribution in [-0.4, -0.2) is 16.0 Å². The average Bonchev–Trinajstić information content (AvgIpc) is 3.04. The normalized spacial score (nSPS) is 28.3. The molecule has 2 saturated carbocycles. The number of aromatic nitrogens is 2. The molecule has 88 valence electrons. The van der Waals surface area contributed by atoms with Gasteiger partial charge in [0.25, 0.3) is 0 Å². The van der Waals surface area contributed by atoms with Crippen LogP contribution in [0, 0.1) is 0 Å². The lowest BCUT2D eigenvalue weighted by molar-refractivity contribution is 0.352. The number of nitrogens with zero attached hydrogens (tertiary/aromatic N) is 1. The first kappa shape index (κ1) is 9.66. The van der Waals surface area contributed by atoms with Crippen LogP contribution in [0.2, 0.25) is 0 Å². The monoisotopic (exact) mass is 227 g/mol. The van der Waals surface area contributed by atoms with Crippen LogP contribution in [0.4, 0.5) is 0 Å². The molecule has 3 nitrogen and oxygen atoms in total. The number of imidazole rings is 1. The van der Waals surface area contributed by atoms with E-state index in [0.29, 0.717) is 17.9 Å². The zero-order valence-electron chi connectivity index (χ0n) is 9.82. The Bertz CT molecular complexity index is 562. The van der Waals surface area contributed by atoms with Gasteiger partial charge in [-0.25, -0.2) is 4.98 Å². The van der Waals surface area contributed by atoms with Crippen LogP contribution in [0.1, 0.15) is 48.9 Å². The van der Waals surface area contributed by atoms with Gasteiger partial charge in [0, 0.05) is 12.0 Å². The van der Waals surface area contributed by atoms with Crippen LogP contribution in [-0.2, 0) is 0 Å². The largest absolute Gasteiger partial charge is 0.342 e. The van der Waals surface area contributed by atoms with Crippen molar-refractivity contribution in [1.29, 1.82) is 0 Å². The van der Waals surface area contributed by atoms with E-state index in [1.165, 1.54) is 29.7 Å². The molecule has 0 saturated heterocycles. The van der Waals surface area contributed by atoms with Gasteiger partial charge in [0.2, 0.25) is 0 Å². The molecular formula is C14H17N3. The molecule has 0 amide bonds. The molecule has 2 aromatic rings. The van der Waals surface area contributed by atoms with Crippen LogP contribution in [0.5, 0.6) is 0 Å². The Morgan fingerprint density at radius 3 is 2.71 bits per heavy atom. The third-order valence-corrected chi connectivity index (χ3v) is 4.13. The summed E-state index contributed by atoms with van der Waals surface area (Å²) in [4.78, 5) is 8.12. The van der Waals surface area contributed by atoms with E-state index in [0.717, 1.165) is 18.4 Å². The Kier molecular flexibility index (Phi) is 1.89. The van der Waals surface area contributed by atoms with E-state index in [4.69, 9.17) is 5.73 Å². The highest BCUT2D eigenvalue weighted by molar-refractivity contribution is 5.76. The van der Waals surface area contributed by atoms with Gasteiger partial charge < -0.3 is 10.7 Å². The summed E-state index contributed by atoms with van der Waals surface area (Å²) in [5, 5.41) is 0. The van der Waals surface area contributed by atoms with E-state index in [1.807, 2.05) is 0 Å². The van der Waals surface area contributed by atoms with E-state index in [-0.39, 0.29) is 0 Å². The van der Waals surface area contributed by atoms with Gasteiger partial charge in [-0.1, -0.05) is 6.07 Å². The van der Waals surface area contributed by atoms with Crippen molar-refractivity contribution >= 4 is 11.0 Å². The number of benzene rings is 1. The second-order valence-corrected chi connectivity index (χ2v) is 5.60. The molecule has 3 heteroatoms. The Labute approximate surface area is 100 Å². The topological polar surface area (TPSA) is 54.7 Å². The maximum atomic E-state index is 5.85. The van der Waals surface area contributed by atoms with Gasteiger partial charge in [-0.3, -0.25) is 0 Å². The zero-order valence-corrected chi connectivity index (χ0v) is 9.82. The van der Waals surface area contributed by atoms with Crippen molar-refractivity contribution < 1.29 is 0 Å². The summed E-state index contributed by atoms with van der Waals surface area (Å²) in [5.41, 5.74) is 9.58. The number of hydrogen-bond acceptors (Lipinski definition) is 2. The maximum absolute atomic E-state index is 5.85. The lowest BCUT2D eigenvalue weighted by atomic mass is 9.76. The van der Waals surface area contributed by atoms with Gasteiger partial charge in [-0.05, 0) is 49.3 Å². The molecule has 4 rings (SSSR count). The minimum atomic E-state index is 0.416. The summed E-state index contributed by atoms with van der Waals surface area (Å²) >= 11 is 0. The summed E-state index contributed by atoms with van der Waals surface area (Å²) in [6.45, 7) is 0. The van der Waals surface area contributed by atoms with Crippen molar-refractivity contribution in [3.05, 3.63) is 29.6 Å². The lowest BCUT2D eigenvalue weighted by Crippen LogP contribution is -2.34. The van der Waals surface area contributed by atoms with Crippen LogP contribution in [0.25, 0.3) is 11.0 Å². The second kappa shape index (κ2) is 3.33. The number of hydrogen-bond donors (Lipinski definition) is 2. The number of nitrogens with one attached hydrogen (secondary N) is 1. The number of aromatic amines is 1. The third-order valence-electron chi connectivity index (χ3n) is 4.13. The quantitative estimate of drug-likeness (QED) is 0.828. The van der Waals surface area contributed by atoms with Gasteiger partial charge in [0.15, 0.2) is 0 Å². The van der Waals surface area contributed by atoms with Crippen molar-refractivity contribution in [2.75, 3.05) is 0 Å². The molecule has 0 atom stereocenters. The van der Waals surface area contributed by atoms with Gasteiger partial charge >= 0.3 is 0 Å². The number of nitrogens with two attached hydrogens (primary N) is 1. The fourth-order valence-electron chi connectivity index (χ4n) is 2.79. The van der Waals surface area contributed by atoms with Crippen molar-refractivity contribution in [2.24, 2.45) is 5.73 Å². The Balaban J connectivity index is 1.70. The van der Waals surface area contributed by atoms with Crippen molar-refractivity contribution in [1.82, 2.24) is 9.97 Å². The molecule has 2 aliphatic rings. The van der Waals surface area contributed by atoms with E-state index in [1.54, 1.807) is 0 Å². The average molecular weight is 227 g/mol. The molecule has 0 aliphatic heterocycles. The highest BCUT2D eigenvalue weighted by atomic mass is 14.9. The van der Waals surface area contributed by atoms with Crippen LogP contribution >= 0.6 is 0 Å². The fraction of sp³-hybridized carbons (Fsp3) is 0.500. The van der Waals surface area contributed by atoms with Crippen LogP contribution in [0.15, 0.2) is 18.2 Å². The minimum Gasteiger partial charge on any atom is -0.342 e. The first-order valence-electron chi connectivity index (χ1n) is 6.55. The summed E-state index contributed by atoms with van der Waals surface area (Å²) in [6.07, 6.45) is 4.86. The molecule has 2 fully saturated rings. The molecular weight excluding hydrogens is 210 g/mol. The van der Waals surface area contributed by atoms with Crippen LogP contribution in [0.3, 0.4) is 0 Å². The minimum absolute atomic E-state index is 0.416.